The van der Waals surface area contributed by atoms with Gasteiger partial charge >= 0.3 is 0 Å². The van der Waals surface area contributed by atoms with Gasteiger partial charge in [0.2, 0.25) is 11.8 Å². The zero-order chi connectivity index (χ0) is 20.1. The maximum Gasteiger partial charge on any atom is 0.228 e. The molecule has 2 N–H and O–H groups in total. The minimum Gasteiger partial charge on any atom is -0.355 e. The van der Waals surface area contributed by atoms with Crippen molar-refractivity contribution in [2.24, 2.45) is 5.92 Å². The first-order valence-corrected chi connectivity index (χ1v) is 10.9. The van der Waals surface area contributed by atoms with Crippen LogP contribution in [0.15, 0.2) is 29.6 Å². The Bertz CT molecular complexity index is 826. The predicted octanol–water partition coefficient (Wildman–Crippen LogP) is 4.56. The minimum atomic E-state index is -0.105. The van der Waals surface area contributed by atoms with Gasteiger partial charge in [0.15, 0.2) is 5.13 Å². The third-order valence-electron chi connectivity index (χ3n) is 5.29. The summed E-state index contributed by atoms with van der Waals surface area (Å²) in [6.07, 6.45) is 4.69. The summed E-state index contributed by atoms with van der Waals surface area (Å²) in [6.45, 7) is 4.28. The molecule has 1 aromatic heterocycles. The van der Waals surface area contributed by atoms with Crippen LogP contribution in [0.5, 0.6) is 0 Å². The van der Waals surface area contributed by atoms with E-state index in [-0.39, 0.29) is 29.6 Å². The number of anilines is 1. The number of carbonyl (C=O) groups excluding carboxylic acids is 2. The van der Waals surface area contributed by atoms with Gasteiger partial charge in [-0.25, -0.2) is 4.98 Å². The molecule has 1 saturated carbocycles. The van der Waals surface area contributed by atoms with Crippen molar-refractivity contribution in [3.8, 4) is 0 Å². The number of halogens is 1. The van der Waals surface area contributed by atoms with E-state index in [1.165, 1.54) is 29.7 Å². The fourth-order valence-electron chi connectivity index (χ4n) is 3.61. The van der Waals surface area contributed by atoms with Gasteiger partial charge in [0, 0.05) is 28.3 Å². The maximum atomic E-state index is 12.5. The highest BCUT2D eigenvalue weighted by molar-refractivity contribution is 7.13. The molecule has 0 aliphatic heterocycles. The lowest BCUT2D eigenvalue weighted by molar-refractivity contribution is -0.121. The summed E-state index contributed by atoms with van der Waals surface area (Å²) in [7, 11) is 0. The average Bonchev–Trinajstić information content (AvgIpc) is 3.31. The first kappa shape index (κ1) is 20.8. The van der Waals surface area contributed by atoms with Gasteiger partial charge in [-0.2, -0.15) is 0 Å². The van der Waals surface area contributed by atoms with Crippen molar-refractivity contribution in [1.82, 2.24) is 10.3 Å². The Balaban J connectivity index is 1.58. The van der Waals surface area contributed by atoms with Crippen LogP contribution in [0, 0.1) is 5.92 Å². The summed E-state index contributed by atoms with van der Waals surface area (Å²) in [4.78, 5) is 28.6. The second-order valence-electron chi connectivity index (χ2n) is 7.74. The van der Waals surface area contributed by atoms with Crippen molar-refractivity contribution < 1.29 is 9.59 Å². The first-order chi connectivity index (χ1) is 13.4. The van der Waals surface area contributed by atoms with Crippen LogP contribution in [-0.2, 0) is 21.4 Å². The average molecular weight is 420 g/mol. The molecule has 28 heavy (non-hydrogen) atoms. The Kier molecular flexibility index (Phi) is 6.73. The van der Waals surface area contributed by atoms with Crippen molar-refractivity contribution in [3.05, 3.63) is 45.9 Å². The molecular formula is C21H26ClN3O2S. The molecule has 3 rings (SSSR count). The largest absolute Gasteiger partial charge is 0.355 e. The van der Waals surface area contributed by atoms with Crippen LogP contribution in [0.1, 0.15) is 50.8 Å². The van der Waals surface area contributed by atoms with Gasteiger partial charge in [0.1, 0.15) is 0 Å². The van der Waals surface area contributed by atoms with Gasteiger partial charge in [-0.05, 0) is 30.5 Å². The van der Waals surface area contributed by atoms with Crippen molar-refractivity contribution in [2.75, 3.05) is 11.9 Å². The number of nitrogens with zero attached hydrogens (tertiary/aromatic N) is 1. The van der Waals surface area contributed by atoms with Gasteiger partial charge in [-0.15, -0.1) is 11.3 Å². The van der Waals surface area contributed by atoms with Crippen LogP contribution in [0.2, 0.25) is 5.02 Å². The highest BCUT2D eigenvalue weighted by atomic mass is 35.5. The number of hydrogen-bond acceptors (Lipinski definition) is 4. The minimum absolute atomic E-state index is 0.0152. The highest BCUT2D eigenvalue weighted by Crippen LogP contribution is 2.41. The predicted molar refractivity (Wildman–Crippen MR) is 114 cm³/mol. The Labute approximate surface area is 174 Å². The molecule has 0 saturated heterocycles. The molecule has 1 aliphatic carbocycles. The number of aromatic nitrogens is 1. The smallest absolute Gasteiger partial charge is 0.228 e. The van der Waals surface area contributed by atoms with Gasteiger partial charge in [-0.1, -0.05) is 50.4 Å². The lowest BCUT2D eigenvalue weighted by Crippen LogP contribution is -2.39. The molecule has 2 aromatic rings. The molecule has 7 heteroatoms. The van der Waals surface area contributed by atoms with Crippen molar-refractivity contribution >= 4 is 39.9 Å². The fourth-order valence-corrected chi connectivity index (χ4v) is 4.45. The number of nitrogens with one attached hydrogen (secondary N) is 2. The quantitative estimate of drug-likeness (QED) is 0.690. The molecule has 0 spiro atoms. The molecule has 1 aromatic carbocycles. The highest BCUT2D eigenvalue weighted by Gasteiger charge is 2.35. The second-order valence-corrected chi connectivity index (χ2v) is 9.03. The molecule has 2 amide bonds. The van der Waals surface area contributed by atoms with Crippen LogP contribution < -0.4 is 10.6 Å². The fraction of sp³-hybridized carbons (Fsp3) is 0.476. The zero-order valence-electron chi connectivity index (χ0n) is 16.3. The Hall–Kier alpha value is -1.92. The summed E-state index contributed by atoms with van der Waals surface area (Å²) in [5, 5.41) is 8.95. The number of thiazole rings is 1. The molecule has 0 bridgehead atoms. The lowest BCUT2D eigenvalue weighted by atomic mass is 9.79. The molecule has 150 valence electrons. The molecule has 1 aliphatic rings. The van der Waals surface area contributed by atoms with Crippen molar-refractivity contribution in [1.29, 1.82) is 0 Å². The number of benzene rings is 1. The molecule has 0 radical (unpaired) electrons. The summed E-state index contributed by atoms with van der Waals surface area (Å²) in [5.74, 6) is -0.227. The Morgan fingerprint density at radius 1 is 1.21 bits per heavy atom. The summed E-state index contributed by atoms with van der Waals surface area (Å²) in [5.41, 5.74) is 1.90. The van der Waals surface area contributed by atoms with E-state index in [1.54, 1.807) is 0 Å². The Morgan fingerprint density at radius 2 is 1.89 bits per heavy atom. The normalized spacial score (nSPS) is 15.6. The van der Waals surface area contributed by atoms with Gasteiger partial charge < -0.3 is 10.6 Å². The van der Waals surface area contributed by atoms with E-state index in [2.05, 4.69) is 27.8 Å². The summed E-state index contributed by atoms with van der Waals surface area (Å²) >= 11 is 7.37. The van der Waals surface area contributed by atoms with Crippen LogP contribution in [0.3, 0.4) is 0 Å². The van der Waals surface area contributed by atoms with Crippen LogP contribution in [-0.4, -0.2) is 23.3 Å². The van der Waals surface area contributed by atoms with E-state index < -0.39 is 0 Å². The third kappa shape index (κ3) is 5.11. The van der Waals surface area contributed by atoms with Gasteiger partial charge in [0.05, 0.1) is 12.1 Å². The van der Waals surface area contributed by atoms with Crippen LogP contribution in [0.4, 0.5) is 5.13 Å². The topological polar surface area (TPSA) is 71.1 Å². The number of hydrogen-bond donors (Lipinski definition) is 2. The molecule has 1 heterocycles. The third-order valence-corrected chi connectivity index (χ3v) is 6.35. The molecule has 5 nitrogen and oxygen atoms in total. The molecular weight excluding hydrogens is 394 g/mol. The van der Waals surface area contributed by atoms with Crippen LogP contribution in [0.25, 0.3) is 0 Å². The SMILES string of the molecule is CC(C)C(=O)Nc1nc(CC(=O)NCC2(c3ccc(Cl)cc3)CCCC2)cs1. The molecule has 1 fully saturated rings. The zero-order valence-corrected chi connectivity index (χ0v) is 17.8. The number of carbonyl (C=O) groups is 2. The van der Waals surface area contributed by atoms with Gasteiger partial charge in [-0.3, -0.25) is 9.59 Å². The number of rotatable bonds is 7. The van der Waals surface area contributed by atoms with E-state index in [9.17, 15) is 9.59 Å². The van der Waals surface area contributed by atoms with E-state index in [0.717, 1.165) is 17.9 Å². The maximum absolute atomic E-state index is 12.5. The monoisotopic (exact) mass is 419 g/mol. The molecule has 0 atom stereocenters. The number of amides is 2. The first-order valence-electron chi connectivity index (χ1n) is 9.66. The second kappa shape index (κ2) is 9.05. The van der Waals surface area contributed by atoms with Gasteiger partial charge in [0.25, 0.3) is 0 Å². The van der Waals surface area contributed by atoms with E-state index in [1.807, 2.05) is 31.4 Å². The summed E-state index contributed by atoms with van der Waals surface area (Å²) < 4.78 is 0. The summed E-state index contributed by atoms with van der Waals surface area (Å²) in [6, 6.07) is 7.98. The molecule has 0 unspecified atom stereocenters. The lowest BCUT2D eigenvalue weighted by Gasteiger charge is -2.30. The van der Waals surface area contributed by atoms with Crippen molar-refractivity contribution in [2.45, 2.75) is 51.4 Å². The van der Waals surface area contributed by atoms with E-state index in [0.29, 0.717) is 17.4 Å². The van der Waals surface area contributed by atoms with Crippen LogP contribution >= 0.6 is 22.9 Å². The Morgan fingerprint density at radius 3 is 2.54 bits per heavy atom. The standard InChI is InChI=1S/C21H26ClN3O2S/c1-14(2)19(27)25-20-24-17(12-28-20)11-18(26)23-13-21(9-3-4-10-21)15-5-7-16(22)8-6-15/h5-8,12,14H,3-4,9-11,13H2,1-2H3,(H,23,26)(H,24,25,27). The van der Waals surface area contributed by atoms with E-state index >= 15 is 0 Å². The van der Waals surface area contributed by atoms with E-state index in [4.69, 9.17) is 11.6 Å². The van der Waals surface area contributed by atoms with Crippen molar-refractivity contribution in [3.63, 3.8) is 0 Å².